The van der Waals surface area contributed by atoms with E-state index >= 15 is 0 Å². The topological polar surface area (TPSA) is 41.1 Å². The predicted molar refractivity (Wildman–Crippen MR) is 70.9 cm³/mol. The second-order valence-electron chi connectivity index (χ2n) is 4.21. The molecular formula is C12H14Cl2N2O. The lowest BCUT2D eigenvalue weighted by molar-refractivity contribution is 0.248. The molecule has 1 aromatic rings. The molecular weight excluding hydrogens is 259 g/mol. The van der Waals surface area contributed by atoms with Gasteiger partial charge in [0.1, 0.15) is 0 Å². The maximum absolute atomic E-state index is 11.7. The molecule has 1 fully saturated rings. The van der Waals surface area contributed by atoms with E-state index in [1.54, 1.807) is 18.2 Å². The van der Waals surface area contributed by atoms with Gasteiger partial charge in [0, 0.05) is 11.7 Å². The van der Waals surface area contributed by atoms with Gasteiger partial charge in [-0.2, -0.15) is 0 Å². The third-order valence-corrected chi connectivity index (χ3v) is 3.61. The fourth-order valence-electron chi connectivity index (χ4n) is 2.00. The number of rotatable bonds is 2. The van der Waals surface area contributed by atoms with Crippen molar-refractivity contribution >= 4 is 34.9 Å². The van der Waals surface area contributed by atoms with Gasteiger partial charge in [0.05, 0.1) is 10.0 Å². The molecule has 2 amide bonds. The summed E-state index contributed by atoms with van der Waals surface area (Å²) in [5.41, 5.74) is 0.648. The van der Waals surface area contributed by atoms with Crippen molar-refractivity contribution in [3.05, 3.63) is 28.2 Å². The van der Waals surface area contributed by atoms with Crippen molar-refractivity contribution in [2.24, 2.45) is 0 Å². The molecule has 2 N–H and O–H groups in total. The molecule has 2 rings (SSSR count). The third kappa shape index (κ3) is 3.51. The van der Waals surface area contributed by atoms with E-state index in [0.717, 1.165) is 12.8 Å². The average Bonchev–Trinajstić information content (AvgIpc) is 2.76. The monoisotopic (exact) mass is 272 g/mol. The van der Waals surface area contributed by atoms with Gasteiger partial charge < -0.3 is 10.6 Å². The van der Waals surface area contributed by atoms with Crippen molar-refractivity contribution in [2.45, 2.75) is 31.7 Å². The number of carbonyl (C=O) groups is 1. The number of benzene rings is 1. The number of nitrogens with one attached hydrogen (secondary N) is 2. The zero-order chi connectivity index (χ0) is 12.3. The summed E-state index contributed by atoms with van der Waals surface area (Å²) < 4.78 is 0. The first kappa shape index (κ1) is 12.5. The Kier molecular flexibility index (Phi) is 4.13. The highest BCUT2D eigenvalue weighted by Gasteiger charge is 2.16. The summed E-state index contributed by atoms with van der Waals surface area (Å²) in [6, 6.07) is 5.14. The zero-order valence-corrected chi connectivity index (χ0v) is 10.8. The number of carbonyl (C=O) groups excluding carboxylic acids is 1. The minimum Gasteiger partial charge on any atom is -0.335 e. The van der Waals surface area contributed by atoms with Crippen molar-refractivity contribution in [1.82, 2.24) is 5.32 Å². The second kappa shape index (κ2) is 5.61. The van der Waals surface area contributed by atoms with Gasteiger partial charge in [-0.25, -0.2) is 4.79 Å². The van der Waals surface area contributed by atoms with Crippen molar-refractivity contribution in [3.63, 3.8) is 0 Å². The van der Waals surface area contributed by atoms with E-state index in [2.05, 4.69) is 10.6 Å². The summed E-state index contributed by atoms with van der Waals surface area (Å²) in [4.78, 5) is 11.7. The van der Waals surface area contributed by atoms with Crippen molar-refractivity contribution in [3.8, 4) is 0 Å². The normalized spacial score (nSPS) is 15.9. The SMILES string of the molecule is O=C(Nc1ccc(Cl)c(Cl)c1)NC1CCCC1. The first-order valence-corrected chi connectivity index (χ1v) is 6.43. The molecule has 3 nitrogen and oxygen atoms in total. The molecule has 1 aromatic carbocycles. The van der Waals surface area contributed by atoms with Gasteiger partial charge in [-0.15, -0.1) is 0 Å². The molecule has 0 unspecified atom stereocenters. The van der Waals surface area contributed by atoms with Gasteiger partial charge in [-0.3, -0.25) is 0 Å². The lowest BCUT2D eigenvalue weighted by Gasteiger charge is -2.13. The Hall–Kier alpha value is -0.930. The molecule has 0 saturated heterocycles. The van der Waals surface area contributed by atoms with Crippen LogP contribution in [0.4, 0.5) is 10.5 Å². The third-order valence-electron chi connectivity index (χ3n) is 2.87. The maximum Gasteiger partial charge on any atom is 0.319 e. The van der Waals surface area contributed by atoms with Crippen LogP contribution in [0.2, 0.25) is 10.0 Å². The summed E-state index contributed by atoms with van der Waals surface area (Å²) in [6.07, 6.45) is 4.51. The Bertz CT molecular complexity index is 417. The molecule has 5 heteroatoms. The van der Waals surface area contributed by atoms with Crippen LogP contribution in [0.25, 0.3) is 0 Å². The number of halogens is 2. The highest BCUT2D eigenvalue weighted by molar-refractivity contribution is 6.42. The summed E-state index contributed by atoms with van der Waals surface area (Å²) in [7, 11) is 0. The van der Waals surface area contributed by atoms with Gasteiger partial charge in [-0.05, 0) is 31.0 Å². The van der Waals surface area contributed by atoms with E-state index in [1.807, 2.05) is 0 Å². The van der Waals surface area contributed by atoms with E-state index in [0.29, 0.717) is 21.8 Å². The van der Waals surface area contributed by atoms with Crippen LogP contribution >= 0.6 is 23.2 Å². The van der Waals surface area contributed by atoms with Crippen LogP contribution in [0, 0.1) is 0 Å². The van der Waals surface area contributed by atoms with Crippen LogP contribution in [0.5, 0.6) is 0 Å². The zero-order valence-electron chi connectivity index (χ0n) is 9.30. The van der Waals surface area contributed by atoms with Crippen LogP contribution in [0.3, 0.4) is 0 Å². The lowest BCUT2D eigenvalue weighted by Crippen LogP contribution is -2.36. The molecule has 0 heterocycles. The quantitative estimate of drug-likeness (QED) is 0.838. The summed E-state index contributed by atoms with van der Waals surface area (Å²) in [5.74, 6) is 0. The summed E-state index contributed by atoms with van der Waals surface area (Å²) in [5, 5.41) is 6.59. The Morgan fingerprint density at radius 3 is 2.53 bits per heavy atom. The standard InChI is InChI=1S/C12H14Cl2N2O/c13-10-6-5-9(7-11(10)14)16-12(17)15-8-3-1-2-4-8/h5-8H,1-4H2,(H2,15,16,17). The van der Waals surface area contributed by atoms with Crippen LogP contribution < -0.4 is 10.6 Å². The molecule has 17 heavy (non-hydrogen) atoms. The fourth-order valence-corrected chi connectivity index (χ4v) is 2.29. The van der Waals surface area contributed by atoms with Gasteiger partial charge >= 0.3 is 6.03 Å². The smallest absolute Gasteiger partial charge is 0.319 e. The molecule has 1 aliphatic carbocycles. The van der Waals surface area contributed by atoms with Crippen LogP contribution in [-0.4, -0.2) is 12.1 Å². The van der Waals surface area contributed by atoms with E-state index in [4.69, 9.17) is 23.2 Å². The van der Waals surface area contributed by atoms with Crippen LogP contribution in [0.15, 0.2) is 18.2 Å². The molecule has 0 radical (unpaired) electrons. The van der Waals surface area contributed by atoms with E-state index in [-0.39, 0.29) is 6.03 Å². The lowest BCUT2D eigenvalue weighted by atomic mass is 10.2. The van der Waals surface area contributed by atoms with Crippen LogP contribution in [-0.2, 0) is 0 Å². The molecule has 1 saturated carbocycles. The first-order valence-electron chi connectivity index (χ1n) is 5.68. The molecule has 92 valence electrons. The van der Waals surface area contributed by atoms with Gasteiger partial charge in [0.25, 0.3) is 0 Å². The van der Waals surface area contributed by atoms with E-state index < -0.39 is 0 Å². The first-order chi connectivity index (χ1) is 8.15. The molecule has 1 aliphatic rings. The second-order valence-corrected chi connectivity index (χ2v) is 5.02. The number of anilines is 1. The Morgan fingerprint density at radius 2 is 1.88 bits per heavy atom. The Labute approximate surface area is 110 Å². The van der Waals surface area contributed by atoms with Gasteiger partial charge in [-0.1, -0.05) is 36.0 Å². The number of urea groups is 1. The van der Waals surface area contributed by atoms with Crippen LogP contribution in [0.1, 0.15) is 25.7 Å². The van der Waals surface area contributed by atoms with Crippen molar-refractivity contribution in [2.75, 3.05) is 5.32 Å². The largest absolute Gasteiger partial charge is 0.335 e. The summed E-state index contributed by atoms with van der Waals surface area (Å²) >= 11 is 11.7. The van der Waals surface area contributed by atoms with Crippen molar-refractivity contribution in [1.29, 1.82) is 0 Å². The predicted octanol–water partition coefficient (Wildman–Crippen LogP) is 4.06. The van der Waals surface area contributed by atoms with Crippen molar-refractivity contribution < 1.29 is 4.79 Å². The minimum absolute atomic E-state index is 0.185. The Morgan fingerprint density at radius 1 is 1.18 bits per heavy atom. The molecule has 0 aliphatic heterocycles. The average molecular weight is 273 g/mol. The Balaban J connectivity index is 1.90. The molecule has 0 spiro atoms. The molecule has 0 aromatic heterocycles. The number of hydrogen-bond acceptors (Lipinski definition) is 1. The highest BCUT2D eigenvalue weighted by atomic mass is 35.5. The van der Waals surface area contributed by atoms with E-state index in [9.17, 15) is 4.79 Å². The molecule has 0 atom stereocenters. The number of amides is 2. The summed E-state index contributed by atoms with van der Waals surface area (Å²) in [6.45, 7) is 0. The van der Waals surface area contributed by atoms with Gasteiger partial charge in [0.15, 0.2) is 0 Å². The maximum atomic E-state index is 11.7. The molecule has 0 bridgehead atoms. The minimum atomic E-state index is -0.185. The van der Waals surface area contributed by atoms with E-state index in [1.165, 1.54) is 12.8 Å². The highest BCUT2D eigenvalue weighted by Crippen LogP contribution is 2.25. The van der Waals surface area contributed by atoms with Gasteiger partial charge in [0.2, 0.25) is 0 Å². The number of hydrogen-bond donors (Lipinski definition) is 2. The fraction of sp³-hybridized carbons (Fsp3) is 0.417.